The molecule has 1 amide bonds. The maximum absolute atomic E-state index is 12.2. The first-order chi connectivity index (χ1) is 12.0. The van der Waals surface area contributed by atoms with Crippen LogP contribution in [0.1, 0.15) is 41.6 Å². The van der Waals surface area contributed by atoms with Crippen LogP contribution in [0.4, 0.5) is 0 Å². The third-order valence-corrected chi connectivity index (χ3v) is 4.41. The van der Waals surface area contributed by atoms with Gasteiger partial charge in [-0.3, -0.25) is 4.79 Å². The van der Waals surface area contributed by atoms with Crippen LogP contribution >= 0.6 is 11.6 Å². The number of rotatable bonds is 2. The number of benzene rings is 1. The van der Waals surface area contributed by atoms with Crippen LogP contribution in [-0.4, -0.2) is 32.9 Å². The van der Waals surface area contributed by atoms with Gasteiger partial charge in [0, 0.05) is 23.0 Å². The molecule has 1 heterocycles. The maximum atomic E-state index is 12.2. The number of carbonyl (C=O) groups excluding carboxylic acids is 1. The van der Waals surface area contributed by atoms with E-state index in [1.807, 2.05) is 12.1 Å². The van der Waals surface area contributed by atoms with Crippen LogP contribution in [0.2, 0.25) is 5.02 Å². The van der Waals surface area contributed by atoms with Crippen LogP contribution in [0.3, 0.4) is 0 Å². The van der Waals surface area contributed by atoms with Crippen LogP contribution in [0, 0.1) is 11.8 Å². The third kappa shape index (κ3) is 4.79. The highest BCUT2D eigenvalue weighted by Gasteiger charge is 2.33. The van der Waals surface area contributed by atoms with Crippen molar-refractivity contribution >= 4 is 17.5 Å². The summed E-state index contributed by atoms with van der Waals surface area (Å²) >= 11 is 5.95. The van der Waals surface area contributed by atoms with Gasteiger partial charge in [-0.1, -0.05) is 29.5 Å². The van der Waals surface area contributed by atoms with E-state index in [2.05, 4.69) is 27.4 Å². The van der Waals surface area contributed by atoms with Crippen LogP contribution in [0.15, 0.2) is 42.7 Å². The highest BCUT2D eigenvalue weighted by Crippen LogP contribution is 2.28. The first-order valence-corrected chi connectivity index (χ1v) is 8.51. The molecule has 3 rings (SSSR count). The molecule has 0 aliphatic heterocycles. The van der Waals surface area contributed by atoms with E-state index in [-0.39, 0.29) is 11.9 Å². The number of hydrogen-bond acceptors (Lipinski definition) is 4. The van der Waals surface area contributed by atoms with E-state index in [4.69, 9.17) is 11.6 Å². The maximum Gasteiger partial charge on any atom is 0.253 e. The molecule has 25 heavy (non-hydrogen) atoms. The van der Waals surface area contributed by atoms with Crippen LogP contribution in [-0.2, 0) is 0 Å². The molecule has 1 aromatic carbocycles. The Bertz CT molecular complexity index is 816. The van der Waals surface area contributed by atoms with Crippen molar-refractivity contribution in [2.75, 3.05) is 0 Å². The Kier molecular flexibility index (Phi) is 5.32. The second kappa shape index (κ2) is 7.64. The fraction of sp³-hybridized carbons (Fsp3) is 0.316. The Morgan fingerprint density at radius 1 is 1.36 bits per heavy atom. The number of amides is 1. The van der Waals surface area contributed by atoms with Crippen molar-refractivity contribution < 1.29 is 9.90 Å². The van der Waals surface area contributed by atoms with Crippen molar-refractivity contribution in [3.05, 3.63) is 58.9 Å². The molecule has 2 aromatic rings. The minimum absolute atomic E-state index is 0.131. The van der Waals surface area contributed by atoms with Crippen molar-refractivity contribution in [3.63, 3.8) is 0 Å². The van der Waals surface area contributed by atoms with Gasteiger partial charge in [0.2, 0.25) is 0 Å². The summed E-state index contributed by atoms with van der Waals surface area (Å²) in [6.07, 6.45) is 5.48. The summed E-state index contributed by atoms with van der Waals surface area (Å²) in [5.74, 6) is 5.73. The molecule has 5 nitrogen and oxygen atoms in total. The van der Waals surface area contributed by atoms with Gasteiger partial charge in [-0.2, -0.15) is 10.2 Å². The lowest BCUT2D eigenvalue weighted by Crippen LogP contribution is -2.45. The topological polar surface area (TPSA) is 75.1 Å². The standard InChI is InChI=1S/C19H18ClN3O2/c20-16-4-1-3-14(11-16)6-9-19(25)8-2-5-17(12-19)23-18(24)15-7-10-21-22-13-15/h1,3-4,7,10-11,13,17,25H,2,5,8,12H2,(H,23,24)/t17-,19?/m0/s1. The third-order valence-electron chi connectivity index (χ3n) is 4.17. The summed E-state index contributed by atoms with van der Waals surface area (Å²) in [5.41, 5.74) is 0.0960. The molecular formula is C19H18ClN3O2. The van der Waals surface area contributed by atoms with Crippen molar-refractivity contribution in [1.82, 2.24) is 15.5 Å². The molecule has 2 atom stereocenters. The minimum atomic E-state index is -1.12. The molecule has 1 unspecified atom stereocenters. The fourth-order valence-corrected chi connectivity index (χ4v) is 3.13. The van der Waals surface area contributed by atoms with Gasteiger partial charge in [-0.05, 0) is 43.5 Å². The van der Waals surface area contributed by atoms with Crippen LogP contribution < -0.4 is 5.32 Å². The van der Waals surface area contributed by atoms with Crippen LogP contribution in [0.5, 0.6) is 0 Å². The van der Waals surface area contributed by atoms with Crippen molar-refractivity contribution in [2.24, 2.45) is 0 Å². The average molecular weight is 356 g/mol. The van der Waals surface area contributed by atoms with E-state index in [1.165, 1.54) is 12.4 Å². The Labute approximate surface area is 151 Å². The quantitative estimate of drug-likeness (QED) is 0.812. The number of nitrogens with one attached hydrogen (secondary N) is 1. The van der Waals surface area contributed by atoms with E-state index in [1.54, 1.807) is 18.2 Å². The lowest BCUT2D eigenvalue weighted by Gasteiger charge is -2.33. The van der Waals surface area contributed by atoms with E-state index in [0.29, 0.717) is 23.4 Å². The Hall–Kier alpha value is -2.42. The zero-order chi connectivity index (χ0) is 17.7. The van der Waals surface area contributed by atoms with Gasteiger partial charge >= 0.3 is 0 Å². The van der Waals surface area contributed by atoms with Gasteiger partial charge in [0.05, 0.1) is 18.0 Å². The molecule has 1 saturated carbocycles. The van der Waals surface area contributed by atoms with E-state index >= 15 is 0 Å². The predicted molar refractivity (Wildman–Crippen MR) is 95.0 cm³/mol. The fourth-order valence-electron chi connectivity index (χ4n) is 2.94. The first kappa shape index (κ1) is 17.4. The summed E-state index contributed by atoms with van der Waals surface area (Å²) in [7, 11) is 0. The molecule has 0 saturated heterocycles. The van der Waals surface area contributed by atoms with Gasteiger partial charge in [0.1, 0.15) is 5.60 Å². The number of nitrogens with zero attached hydrogens (tertiary/aromatic N) is 2. The molecular weight excluding hydrogens is 338 g/mol. The SMILES string of the molecule is O=C(N[C@H]1CCCC(O)(C#Cc2cccc(Cl)c2)C1)c1ccnnc1. The summed E-state index contributed by atoms with van der Waals surface area (Å²) in [4.78, 5) is 12.2. The molecule has 1 aliphatic rings. The second-order valence-corrected chi connectivity index (χ2v) is 6.63. The lowest BCUT2D eigenvalue weighted by molar-refractivity contribution is 0.0452. The monoisotopic (exact) mass is 355 g/mol. The summed E-state index contributed by atoms with van der Waals surface area (Å²) in [6, 6.07) is 8.69. The first-order valence-electron chi connectivity index (χ1n) is 8.13. The smallest absolute Gasteiger partial charge is 0.253 e. The summed E-state index contributed by atoms with van der Waals surface area (Å²) in [5, 5.41) is 21.7. The number of carbonyl (C=O) groups is 1. The van der Waals surface area contributed by atoms with Crippen LogP contribution in [0.25, 0.3) is 0 Å². The molecule has 0 bridgehead atoms. The van der Waals surface area contributed by atoms with Gasteiger partial charge in [0.25, 0.3) is 5.91 Å². The van der Waals surface area contributed by atoms with Crippen molar-refractivity contribution in [3.8, 4) is 11.8 Å². The summed E-state index contributed by atoms with van der Waals surface area (Å²) in [6.45, 7) is 0. The zero-order valence-corrected chi connectivity index (χ0v) is 14.3. The van der Waals surface area contributed by atoms with E-state index in [9.17, 15) is 9.90 Å². The normalized spacial score (nSPS) is 22.6. The zero-order valence-electron chi connectivity index (χ0n) is 13.6. The van der Waals surface area contributed by atoms with Gasteiger partial charge in [-0.15, -0.1) is 0 Å². The van der Waals surface area contributed by atoms with Gasteiger partial charge < -0.3 is 10.4 Å². The number of hydrogen-bond donors (Lipinski definition) is 2. The Morgan fingerprint density at radius 2 is 2.24 bits per heavy atom. The average Bonchev–Trinajstić information content (AvgIpc) is 2.61. The van der Waals surface area contributed by atoms with E-state index < -0.39 is 5.60 Å². The molecule has 0 spiro atoms. The molecule has 0 radical (unpaired) electrons. The van der Waals surface area contributed by atoms with E-state index in [0.717, 1.165) is 18.4 Å². The second-order valence-electron chi connectivity index (χ2n) is 6.19. The number of aliphatic hydroxyl groups is 1. The Morgan fingerprint density at radius 3 is 3.00 bits per heavy atom. The molecule has 1 fully saturated rings. The minimum Gasteiger partial charge on any atom is -0.378 e. The molecule has 1 aromatic heterocycles. The largest absolute Gasteiger partial charge is 0.378 e. The number of aromatic nitrogens is 2. The summed E-state index contributed by atoms with van der Waals surface area (Å²) < 4.78 is 0. The highest BCUT2D eigenvalue weighted by atomic mass is 35.5. The molecule has 6 heteroatoms. The molecule has 128 valence electrons. The highest BCUT2D eigenvalue weighted by molar-refractivity contribution is 6.30. The number of halogens is 1. The molecule has 2 N–H and O–H groups in total. The predicted octanol–water partition coefficient (Wildman–Crippen LogP) is 2.59. The Balaban J connectivity index is 1.67. The molecule has 1 aliphatic carbocycles. The van der Waals surface area contributed by atoms with Crippen molar-refractivity contribution in [2.45, 2.75) is 37.3 Å². The van der Waals surface area contributed by atoms with Gasteiger partial charge in [0.15, 0.2) is 0 Å². The van der Waals surface area contributed by atoms with Crippen molar-refractivity contribution in [1.29, 1.82) is 0 Å². The lowest BCUT2D eigenvalue weighted by atomic mass is 9.82. The van der Waals surface area contributed by atoms with Gasteiger partial charge in [-0.25, -0.2) is 0 Å².